The van der Waals surface area contributed by atoms with Gasteiger partial charge < -0.3 is 21.3 Å². The van der Waals surface area contributed by atoms with Crippen molar-refractivity contribution in [3.8, 4) is 0 Å². The van der Waals surface area contributed by atoms with Crippen molar-refractivity contribution < 1.29 is 0 Å². The summed E-state index contributed by atoms with van der Waals surface area (Å²) < 4.78 is 0. The van der Waals surface area contributed by atoms with Gasteiger partial charge in [-0.15, -0.1) is 11.1 Å². The summed E-state index contributed by atoms with van der Waals surface area (Å²) in [6.45, 7) is 36.0. The Morgan fingerprint density at radius 3 is 0.778 bits per heavy atom. The van der Waals surface area contributed by atoms with Gasteiger partial charge in [0.05, 0.1) is 0 Å². The maximum absolute atomic E-state index is 4.56. The Balaban J connectivity index is 0. The van der Waals surface area contributed by atoms with E-state index in [0.29, 0.717) is 0 Å². The van der Waals surface area contributed by atoms with Crippen molar-refractivity contribution in [2.75, 3.05) is 42.3 Å². The first-order valence-electron chi connectivity index (χ1n) is 13.6. The van der Waals surface area contributed by atoms with Gasteiger partial charge in [0.25, 0.3) is 0 Å². The molecule has 0 rings (SSSR count). The Bertz CT molecular complexity index is 557. The van der Waals surface area contributed by atoms with E-state index in [9.17, 15) is 0 Å². The van der Waals surface area contributed by atoms with Crippen LogP contribution in [-0.4, -0.2) is 96.4 Å². The number of likely N-dealkylation sites (N-methyl/N-ethyl adjacent to an activating group) is 6. The van der Waals surface area contributed by atoms with E-state index in [0.717, 1.165) is 0 Å². The van der Waals surface area contributed by atoms with Gasteiger partial charge in [-0.3, -0.25) is 9.80 Å². The molecule has 0 aliphatic rings. The van der Waals surface area contributed by atoms with Gasteiger partial charge in [0.15, 0.2) is 0 Å². The molecule has 2 N–H and O–H groups in total. The summed E-state index contributed by atoms with van der Waals surface area (Å²) in [7, 11) is 12.3. The lowest BCUT2D eigenvalue weighted by molar-refractivity contribution is -0.0458. The molecular weight excluding hydrogens is 444 g/mol. The van der Waals surface area contributed by atoms with Crippen LogP contribution >= 0.6 is 0 Å². The highest BCUT2D eigenvalue weighted by Crippen LogP contribution is 2.42. The third-order valence-corrected chi connectivity index (χ3v) is 11.8. The second-order valence-corrected chi connectivity index (χ2v) is 14.7. The molecule has 0 aromatic heterocycles. The predicted octanol–water partition coefficient (Wildman–Crippen LogP) is 6.51. The lowest BCUT2D eigenvalue weighted by Gasteiger charge is -2.65. The van der Waals surface area contributed by atoms with Crippen molar-refractivity contribution in [2.45, 2.75) is 155 Å². The first kappa shape index (κ1) is 37.9. The van der Waals surface area contributed by atoms with Crippen molar-refractivity contribution >= 4 is 0 Å². The summed E-state index contributed by atoms with van der Waals surface area (Å²) in [6.07, 6.45) is 0. The van der Waals surface area contributed by atoms with Crippen molar-refractivity contribution in [2.24, 2.45) is 0 Å². The van der Waals surface area contributed by atoms with Crippen molar-refractivity contribution in [3.63, 3.8) is 0 Å². The highest BCUT2D eigenvalue weighted by Gasteiger charge is 2.49. The van der Waals surface area contributed by atoms with E-state index in [1.54, 1.807) is 0 Å². The van der Waals surface area contributed by atoms with Crippen molar-refractivity contribution in [1.29, 1.82) is 0 Å². The van der Waals surface area contributed by atoms with Crippen LogP contribution in [0.25, 0.3) is 10.6 Å². The zero-order chi connectivity index (χ0) is 30.0. The Morgan fingerprint density at radius 1 is 0.417 bits per heavy atom. The van der Waals surface area contributed by atoms with Crippen LogP contribution in [0, 0.1) is 0 Å². The maximum atomic E-state index is 4.56. The van der Waals surface area contributed by atoms with E-state index >= 15 is 0 Å². The van der Waals surface area contributed by atoms with Gasteiger partial charge >= 0.3 is 0 Å². The molecule has 6 heteroatoms. The zero-order valence-electron chi connectivity index (χ0n) is 28.8. The summed E-state index contributed by atoms with van der Waals surface area (Å²) in [5.74, 6) is 0. The number of rotatable bonds is 12. The molecule has 0 spiro atoms. The molecular formula is C30H68N6-2. The van der Waals surface area contributed by atoms with Crippen LogP contribution in [0.5, 0.6) is 0 Å². The molecule has 0 fully saturated rings. The lowest BCUT2D eigenvalue weighted by atomic mass is 9.73. The minimum atomic E-state index is -0.108. The molecule has 0 heterocycles. The van der Waals surface area contributed by atoms with Crippen LogP contribution in [0.15, 0.2) is 0 Å². The lowest BCUT2D eigenvalue weighted by Crippen LogP contribution is -2.72. The minimum Gasteiger partial charge on any atom is -0.658 e. The van der Waals surface area contributed by atoms with Crippen LogP contribution < -0.4 is 10.6 Å². The Labute approximate surface area is 228 Å². The molecule has 0 bridgehead atoms. The topological polar surface area (TPSA) is 58.7 Å². The normalized spacial score (nSPS) is 15.3. The molecule has 36 heavy (non-hydrogen) atoms. The molecule has 0 saturated carbocycles. The summed E-state index contributed by atoms with van der Waals surface area (Å²) in [5.41, 5.74) is -0.198. The van der Waals surface area contributed by atoms with Gasteiger partial charge in [0.1, 0.15) is 0 Å². The van der Waals surface area contributed by atoms with E-state index in [1.807, 2.05) is 28.2 Å². The highest BCUT2D eigenvalue weighted by atomic mass is 15.3. The number of hydrogen-bond donors (Lipinski definition) is 2. The van der Waals surface area contributed by atoms with Crippen molar-refractivity contribution in [1.82, 2.24) is 20.4 Å². The maximum Gasteiger partial charge on any atom is 0.0332 e. The fourth-order valence-electron chi connectivity index (χ4n) is 4.22. The fourth-order valence-corrected chi connectivity index (χ4v) is 4.22. The second-order valence-electron chi connectivity index (χ2n) is 14.7. The van der Waals surface area contributed by atoms with Crippen LogP contribution in [0.3, 0.4) is 0 Å². The molecule has 0 aromatic rings. The van der Waals surface area contributed by atoms with Crippen LogP contribution in [0.1, 0.15) is 111 Å². The van der Waals surface area contributed by atoms with E-state index < -0.39 is 0 Å². The number of hydrogen-bond acceptors (Lipinski definition) is 4. The first-order valence-corrected chi connectivity index (χ1v) is 13.6. The molecule has 0 unspecified atom stereocenters. The molecule has 0 atom stereocenters. The minimum absolute atomic E-state index is 0.0272. The first-order chi connectivity index (χ1) is 15.6. The highest BCUT2D eigenvalue weighted by molar-refractivity contribution is 5.19. The van der Waals surface area contributed by atoms with Crippen LogP contribution in [0.2, 0.25) is 0 Å². The van der Waals surface area contributed by atoms with Crippen LogP contribution in [-0.2, 0) is 0 Å². The Kier molecular flexibility index (Phi) is 12.5. The van der Waals surface area contributed by atoms with Gasteiger partial charge in [-0.25, -0.2) is 0 Å². The molecule has 0 aromatic carbocycles. The van der Waals surface area contributed by atoms with Gasteiger partial charge in [0.2, 0.25) is 0 Å². The summed E-state index contributed by atoms with van der Waals surface area (Å²) >= 11 is 0. The van der Waals surface area contributed by atoms with E-state index in [1.165, 1.54) is 0 Å². The molecule has 0 aliphatic carbocycles. The third-order valence-electron chi connectivity index (χ3n) is 11.8. The van der Waals surface area contributed by atoms with Crippen molar-refractivity contribution in [3.05, 3.63) is 10.6 Å². The van der Waals surface area contributed by atoms with Gasteiger partial charge in [-0.2, -0.15) is 14.1 Å². The SMILES string of the molecule is CNC(C)(C)C(C)(C)N(C)C(C)(C)C(C)(C)NC.C[N-]C(C)(C)C(C)(C)N(C)C(C)(C)C(C)(C)[N-]C. The molecule has 0 aliphatic heterocycles. The zero-order valence-corrected chi connectivity index (χ0v) is 28.8. The molecule has 220 valence electrons. The van der Waals surface area contributed by atoms with E-state index in [2.05, 4.69) is 156 Å². The monoisotopic (exact) mass is 513 g/mol. The third kappa shape index (κ3) is 7.04. The number of nitrogens with one attached hydrogen (secondary N) is 2. The molecule has 0 radical (unpaired) electrons. The summed E-state index contributed by atoms with van der Waals surface area (Å²) in [6, 6.07) is 0. The van der Waals surface area contributed by atoms with Crippen LogP contribution in [0.4, 0.5) is 0 Å². The molecule has 0 amide bonds. The largest absolute Gasteiger partial charge is 0.658 e. The second kappa shape index (κ2) is 11.9. The fraction of sp³-hybridized carbons (Fsp3) is 1.00. The predicted molar refractivity (Wildman–Crippen MR) is 165 cm³/mol. The summed E-state index contributed by atoms with van der Waals surface area (Å²) in [5, 5.41) is 16.0. The molecule has 6 nitrogen and oxygen atoms in total. The van der Waals surface area contributed by atoms with Gasteiger partial charge in [-0.1, -0.05) is 27.7 Å². The smallest absolute Gasteiger partial charge is 0.0332 e. The Hall–Kier alpha value is -0.240. The Morgan fingerprint density at radius 2 is 0.611 bits per heavy atom. The van der Waals surface area contributed by atoms with Gasteiger partial charge in [-0.05, 0) is 111 Å². The average molecular weight is 513 g/mol. The van der Waals surface area contributed by atoms with E-state index in [-0.39, 0.29) is 44.3 Å². The standard InChI is InChI=1S/C15H35N3.C15H33N3/c2*1-12(2,16-9)14(5,6)18(11)15(7,8)13(3,4)17-10/h16-17H,1-11H3;1-11H3/q;-2. The van der Waals surface area contributed by atoms with Gasteiger partial charge in [0, 0.05) is 33.2 Å². The number of nitrogens with zero attached hydrogens (tertiary/aromatic N) is 4. The quantitative estimate of drug-likeness (QED) is 0.313. The average Bonchev–Trinajstić information content (AvgIpc) is 2.77. The van der Waals surface area contributed by atoms with E-state index in [4.69, 9.17) is 0 Å². The molecule has 0 saturated heterocycles. The summed E-state index contributed by atoms with van der Waals surface area (Å²) in [4.78, 5) is 4.90.